The highest BCUT2D eigenvalue weighted by Gasteiger charge is 2.43. The molecule has 1 heterocycles. The Labute approximate surface area is 176 Å². The standard InChI is InChI=1S/C24H27NO5/c1-16(2)22(26)20-21(25(13-14-29-3)24(28)23(20)27)18-9-11-19(12-10-18)30-15-17-7-5-4-6-8-17/h4-12,16,21,27H,13-15H2,1-3H3. The number of hydrogen-bond donors (Lipinski definition) is 1. The second kappa shape index (κ2) is 9.59. The molecule has 1 aliphatic heterocycles. The van der Waals surface area contributed by atoms with E-state index in [1.54, 1.807) is 21.0 Å². The van der Waals surface area contributed by atoms with Gasteiger partial charge in [-0.1, -0.05) is 56.3 Å². The van der Waals surface area contributed by atoms with Crippen molar-refractivity contribution in [2.45, 2.75) is 26.5 Å². The lowest BCUT2D eigenvalue weighted by Crippen LogP contribution is -2.34. The lowest BCUT2D eigenvalue weighted by Gasteiger charge is -2.27. The third-order valence-electron chi connectivity index (χ3n) is 5.07. The highest BCUT2D eigenvalue weighted by atomic mass is 16.5. The van der Waals surface area contributed by atoms with E-state index in [0.717, 1.165) is 11.1 Å². The number of rotatable bonds is 9. The molecule has 1 atom stereocenters. The molecule has 1 N–H and O–H groups in total. The number of Topliss-reactive ketones (excluding diaryl/α,β-unsaturated/α-hetero) is 1. The van der Waals surface area contributed by atoms with Gasteiger partial charge in [0.1, 0.15) is 12.4 Å². The Kier molecular flexibility index (Phi) is 6.90. The molecule has 0 fully saturated rings. The first kappa shape index (κ1) is 21.6. The summed E-state index contributed by atoms with van der Waals surface area (Å²) >= 11 is 0. The summed E-state index contributed by atoms with van der Waals surface area (Å²) in [5.41, 5.74) is 1.94. The molecular formula is C24H27NO5. The van der Waals surface area contributed by atoms with Crippen molar-refractivity contribution in [1.82, 2.24) is 4.90 Å². The summed E-state index contributed by atoms with van der Waals surface area (Å²) in [5.74, 6) is -0.923. The summed E-state index contributed by atoms with van der Waals surface area (Å²) in [6, 6.07) is 16.5. The summed E-state index contributed by atoms with van der Waals surface area (Å²) < 4.78 is 10.9. The number of ether oxygens (including phenoxy) is 2. The van der Waals surface area contributed by atoms with Crippen LogP contribution >= 0.6 is 0 Å². The molecular weight excluding hydrogens is 382 g/mol. The van der Waals surface area contributed by atoms with Crippen LogP contribution in [0.1, 0.15) is 31.0 Å². The number of carbonyl (C=O) groups excluding carboxylic acids is 2. The van der Waals surface area contributed by atoms with Crippen molar-refractivity contribution < 1.29 is 24.2 Å². The first-order chi connectivity index (χ1) is 14.4. The van der Waals surface area contributed by atoms with Crippen molar-refractivity contribution >= 4 is 11.7 Å². The van der Waals surface area contributed by atoms with Crippen molar-refractivity contribution in [3.63, 3.8) is 0 Å². The fraction of sp³-hybridized carbons (Fsp3) is 0.333. The monoisotopic (exact) mass is 409 g/mol. The molecule has 6 heteroatoms. The minimum Gasteiger partial charge on any atom is -0.503 e. The highest BCUT2D eigenvalue weighted by Crippen LogP contribution is 2.39. The van der Waals surface area contributed by atoms with Gasteiger partial charge in [-0.2, -0.15) is 0 Å². The van der Waals surface area contributed by atoms with Crippen molar-refractivity contribution in [3.05, 3.63) is 77.1 Å². The van der Waals surface area contributed by atoms with E-state index < -0.39 is 17.7 Å². The Hall–Kier alpha value is -3.12. The predicted molar refractivity (Wildman–Crippen MR) is 113 cm³/mol. The lowest BCUT2D eigenvalue weighted by atomic mass is 9.91. The third-order valence-corrected chi connectivity index (χ3v) is 5.07. The number of aliphatic hydroxyl groups is 1. The molecule has 2 aromatic rings. The molecule has 0 saturated carbocycles. The molecule has 0 aliphatic carbocycles. The van der Waals surface area contributed by atoms with E-state index in [1.165, 1.54) is 4.90 Å². The fourth-order valence-corrected chi connectivity index (χ4v) is 3.47. The molecule has 0 aromatic heterocycles. The molecule has 0 saturated heterocycles. The molecule has 0 spiro atoms. The number of methoxy groups -OCH3 is 1. The summed E-state index contributed by atoms with van der Waals surface area (Å²) in [6.45, 7) is 4.52. The van der Waals surface area contributed by atoms with Crippen LogP contribution in [0.3, 0.4) is 0 Å². The van der Waals surface area contributed by atoms with Gasteiger partial charge in [0, 0.05) is 19.6 Å². The normalized spacial score (nSPS) is 16.5. The van der Waals surface area contributed by atoms with Crippen LogP contribution in [-0.4, -0.2) is 42.0 Å². The lowest BCUT2D eigenvalue weighted by molar-refractivity contribution is -0.130. The Balaban J connectivity index is 1.85. The molecule has 1 aliphatic rings. The second-order valence-corrected chi connectivity index (χ2v) is 7.52. The maximum absolute atomic E-state index is 12.8. The van der Waals surface area contributed by atoms with Crippen LogP contribution in [-0.2, 0) is 20.9 Å². The first-order valence-corrected chi connectivity index (χ1v) is 9.98. The van der Waals surface area contributed by atoms with Crippen molar-refractivity contribution in [3.8, 4) is 5.75 Å². The number of ketones is 1. The van der Waals surface area contributed by atoms with Gasteiger partial charge in [-0.25, -0.2) is 0 Å². The first-order valence-electron chi connectivity index (χ1n) is 9.98. The number of hydrogen-bond acceptors (Lipinski definition) is 5. The van der Waals surface area contributed by atoms with Gasteiger partial charge in [-0.15, -0.1) is 0 Å². The Morgan fingerprint density at radius 3 is 2.37 bits per heavy atom. The van der Waals surface area contributed by atoms with Gasteiger partial charge in [0.25, 0.3) is 5.91 Å². The van der Waals surface area contributed by atoms with Crippen LogP contribution in [0.25, 0.3) is 0 Å². The molecule has 6 nitrogen and oxygen atoms in total. The molecule has 1 unspecified atom stereocenters. The fourth-order valence-electron chi connectivity index (χ4n) is 3.47. The largest absolute Gasteiger partial charge is 0.503 e. The van der Waals surface area contributed by atoms with Crippen LogP contribution in [0.2, 0.25) is 0 Å². The van der Waals surface area contributed by atoms with Crippen LogP contribution in [0.15, 0.2) is 65.9 Å². The van der Waals surface area contributed by atoms with E-state index in [2.05, 4.69) is 0 Å². The molecule has 3 rings (SSSR count). The van der Waals surface area contributed by atoms with E-state index in [9.17, 15) is 14.7 Å². The zero-order valence-corrected chi connectivity index (χ0v) is 17.5. The molecule has 1 amide bonds. The van der Waals surface area contributed by atoms with Crippen molar-refractivity contribution in [2.75, 3.05) is 20.3 Å². The summed E-state index contributed by atoms with van der Waals surface area (Å²) in [6.07, 6.45) is 0. The Bertz CT molecular complexity index is 918. The second-order valence-electron chi connectivity index (χ2n) is 7.52. The Morgan fingerprint density at radius 1 is 1.10 bits per heavy atom. The number of benzene rings is 2. The van der Waals surface area contributed by atoms with E-state index >= 15 is 0 Å². The van der Waals surface area contributed by atoms with Gasteiger partial charge < -0.3 is 19.5 Å². The van der Waals surface area contributed by atoms with Gasteiger partial charge in [-0.3, -0.25) is 9.59 Å². The van der Waals surface area contributed by atoms with E-state index in [1.807, 2.05) is 54.6 Å². The van der Waals surface area contributed by atoms with Gasteiger partial charge in [0.15, 0.2) is 11.5 Å². The van der Waals surface area contributed by atoms with E-state index in [4.69, 9.17) is 9.47 Å². The van der Waals surface area contributed by atoms with Crippen molar-refractivity contribution in [1.29, 1.82) is 0 Å². The van der Waals surface area contributed by atoms with E-state index in [0.29, 0.717) is 19.0 Å². The minimum atomic E-state index is -0.647. The smallest absolute Gasteiger partial charge is 0.290 e. The summed E-state index contributed by atoms with van der Waals surface area (Å²) in [7, 11) is 1.54. The van der Waals surface area contributed by atoms with Gasteiger partial charge in [0.05, 0.1) is 18.2 Å². The third kappa shape index (κ3) is 4.54. The number of carbonyl (C=O) groups is 2. The molecule has 30 heavy (non-hydrogen) atoms. The maximum Gasteiger partial charge on any atom is 0.290 e. The molecule has 2 aromatic carbocycles. The zero-order valence-electron chi connectivity index (χ0n) is 17.5. The zero-order chi connectivity index (χ0) is 21.7. The summed E-state index contributed by atoms with van der Waals surface area (Å²) in [5, 5.41) is 10.4. The van der Waals surface area contributed by atoms with Crippen LogP contribution in [0.5, 0.6) is 5.75 Å². The Morgan fingerprint density at radius 2 is 1.77 bits per heavy atom. The molecule has 0 bridgehead atoms. The predicted octanol–water partition coefficient (Wildman–Crippen LogP) is 3.83. The SMILES string of the molecule is COCCN1C(=O)C(O)=C(C(=O)C(C)C)C1c1ccc(OCc2ccccc2)cc1. The highest BCUT2D eigenvalue weighted by molar-refractivity contribution is 6.09. The van der Waals surface area contributed by atoms with Gasteiger partial charge in [0.2, 0.25) is 0 Å². The maximum atomic E-state index is 12.8. The number of aliphatic hydroxyl groups excluding tert-OH is 1. The molecule has 158 valence electrons. The van der Waals surface area contributed by atoms with Gasteiger partial charge >= 0.3 is 0 Å². The quantitative estimate of drug-likeness (QED) is 0.681. The van der Waals surface area contributed by atoms with E-state index in [-0.39, 0.29) is 23.8 Å². The number of nitrogens with zero attached hydrogens (tertiary/aromatic N) is 1. The average molecular weight is 409 g/mol. The topological polar surface area (TPSA) is 76.1 Å². The van der Waals surface area contributed by atoms with Crippen LogP contribution in [0, 0.1) is 5.92 Å². The van der Waals surface area contributed by atoms with Gasteiger partial charge in [-0.05, 0) is 23.3 Å². The van der Waals surface area contributed by atoms with Crippen molar-refractivity contribution in [2.24, 2.45) is 5.92 Å². The van der Waals surface area contributed by atoms with Crippen LogP contribution < -0.4 is 4.74 Å². The van der Waals surface area contributed by atoms with Crippen LogP contribution in [0.4, 0.5) is 0 Å². The summed E-state index contributed by atoms with van der Waals surface area (Å²) in [4.78, 5) is 26.9. The minimum absolute atomic E-state index is 0.143. The molecule has 0 radical (unpaired) electrons. The average Bonchev–Trinajstić information content (AvgIpc) is 3.01. The number of amides is 1.